The average molecular weight is 178 g/mol. The van der Waals surface area contributed by atoms with Gasteiger partial charge in [0.1, 0.15) is 0 Å². The van der Waals surface area contributed by atoms with E-state index in [-0.39, 0.29) is 5.78 Å². The fourth-order valence-corrected chi connectivity index (χ4v) is 1.14. The minimum absolute atomic E-state index is 0.132. The first kappa shape index (κ1) is 9.71. The maximum Gasteiger partial charge on any atom is 0.160 e. The summed E-state index contributed by atoms with van der Waals surface area (Å²) in [5.74, 6) is 0.132. The van der Waals surface area contributed by atoms with Gasteiger partial charge >= 0.3 is 0 Å². The number of hydrogen-bond acceptors (Lipinski definition) is 2. The highest BCUT2D eigenvalue weighted by molar-refractivity contribution is 5.91. The first-order valence-electron chi connectivity index (χ1n) is 4.23. The van der Waals surface area contributed by atoms with E-state index in [1.807, 2.05) is 27.1 Å². The number of aryl methyl sites for hydroxylation is 1. The summed E-state index contributed by atoms with van der Waals surface area (Å²) in [7, 11) is 1.84. The third-order valence-electron chi connectivity index (χ3n) is 1.59. The zero-order valence-corrected chi connectivity index (χ0v) is 8.24. The number of carbonyl (C=O) groups excluding carboxylic acids is 1. The van der Waals surface area contributed by atoms with Gasteiger partial charge in [-0.1, -0.05) is 5.57 Å². The van der Waals surface area contributed by atoms with Crippen LogP contribution in [0.1, 0.15) is 19.4 Å². The Kier molecular flexibility index (Phi) is 3.01. The lowest BCUT2D eigenvalue weighted by Crippen LogP contribution is -1.98. The fourth-order valence-electron chi connectivity index (χ4n) is 1.14. The predicted octanol–water partition coefficient (Wildman–Crippen LogP) is 1.50. The summed E-state index contributed by atoms with van der Waals surface area (Å²) in [5, 5.41) is 3.99. The molecule has 0 aliphatic carbocycles. The summed E-state index contributed by atoms with van der Waals surface area (Å²) in [6.07, 6.45) is 5.68. The summed E-state index contributed by atoms with van der Waals surface area (Å²) in [4.78, 5) is 11.3. The van der Waals surface area contributed by atoms with Crippen molar-refractivity contribution in [2.45, 2.75) is 20.3 Å². The van der Waals surface area contributed by atoms with Gasteiger partial charge in [-0.2, -0.15) is 5.10 Å². The molecule has 0 amide bonds. The highest BCUT2D eigenvalue weighted by atomic mass is 16.1. The van der Waals surface area contributed by atoms with E-state index in [9.17, 15) is 4.79 Å². The first-order valence-corrected chi connectivity index (χ1v) is 4.23. The molecule has 3 nitrogen and oxygen atoms in total. The van der Waals surface area contributed by atoms with Crippen molar-refractivity contribution in [1.82, 2.24) is 9.78 Å². The van der Waals surface area contributed by atoms with Crippen molar-refractivity contribution in [3.63, 3.8) is 0 Å². The molecule has 1 rings (SSSR count). The molecule has 0 bridgehead atoms. The van der Waals surface area contributed by atoms with Gasteiger partial charge in [-0.25, -0.2) is 0 Å². The van der Waals surface area contributed by atoms with Crippen LogP contribution in [0.25, 0.3) is 0 Å². The second-order valence-corrected chi connectivity index (χ2v) is 3.39. The topological polar surface area (TPSA) is 34.9 Å². The highest BCUT2D eigenvalue weighted by Crippen LogP contribution is 2.00. The summed E-state index contributed by atoms with van der Waals surface area (Å²) in [5.41, 5.74) is 2.00. The predicted molar refractivity (Wildman–Crippen MR) is 51.4 cm³/mol. The van der Waals surface area contributed by atoms with Crippen molar-refractivity contribution >= 4 is 5.78 Å². The molecule has 1 aromatic rings. The van der Waals surface area contributed by atoms with Gasteiger partial charge in [0.05, 0.1) is 6.20 Å². The molecule has 0 saturated heterocycles. The molecule has 0 radical (unpaired) electrons. The van der Waals surface area contributed by atoms with Crippen molar-refractivity contribution in [2.24, 2.45) is 7.05 Å². The fraction of sp³-hybridized carbons (Fsp3) is 0.400. The zero-order chi connectivity index (χ0) is 9.84. The highest BCUT2D eigenvalue weighted by Gasteiger charge is 2.01. The third-order valence-corrected chi connectivity index (χ3v) is 1.59. The Morgan fingerprint density at radius 2 is 2.31 bits per heavy atom. The monoisotopic (exact) mass is 178 g/mol. The van der Waals surface area contributed by atoms with Gasteiger partial charge in [-0.15, -0.1) is 0 Å². The standard InChI is InChI=1S/C10H14N2O/c1-8(2)4-10(13)5-9-6-11-12(3)7-9/h4,6-7H,5H2,1-3H3. The van der Waals surface area contributed by atoms with E-state index in [1.54, 1.807) is 17.0 Å². The number of carbonyl (C=O) groups is 1. The van der Waals surface area contributed by atoms with Crippen LogP contribution in [0.4, 0.5) is 0 Å². The molecule has 1 heterocycles. The average Bonchev–Trinajstić information content (AvgIpc) is 2.33. The molecular formula is C10H14N2O. The molecule has 0 aliphatic rings. The van der Waals surface area contributed by atoms with Gasteiger partial charge in [-0.05, 0) is 25.5 Å². The van der Waals surface area contributed by atoms with Crippen LogP contribution in [0.15, 0.2) is 24.0 Å². The van der Waals surface area contributed by atoms with Crippen molar-refractivity contribution < 1.29 is 4.79 Å². The van der Waals surface area contributed by atoms with Gasteiger partial charge in [0.15, 0.2) is 5.78 Å². The molecule has 0 N–H and O–H groups in total. The van der Waals surface area contributed by atoms with Crippen molar-refractivity contribution in [1.29, 1.82) is 0 Å². The molecule has 3 heteroatoms. The lowest BCUT2D eigenvalue weighted by Gasteiger charge is -1.92. The number of rotatable bonds is 3. The molecule has 0 atom stereocenters. The molecule has 70 valence electrons. The van der Waals surface area contributed by atoms with E-state index in [2.05, 4.69) is 5.10 Å². The van der Waals surface area contributed by atoms with Crippen LogP contribution in [-0.4, -0.2) is 15.6 Å². The number of allylic oxidation sites excluding steroid dienone is 2. The van der Waals surface area contributed by atoms with Gasteiger partial charge in [0.25, 0.3) is 0 Å². The molecule has 0 aromatic carbocycles. The van der Waals surface area contributed by atoms with Crippen molar-refractivity contribution in [3.8, 4) is 0 Å². The molecule has 13 heavy (non-hydrogen) atoms. The molecule has 0 saturated carbocycles. The maximum atomic E-state index is 11.3. The molecule has 0 aliphatic heterocycles. The van der Waals surface area contributed by atoms with Crippen molar-refractivity contribution in [2.75, 3.05) is 0 Å². The Morgan fingerprint density at radius 3 is 2.77 bits per heavy atom. The lowest BCUT2D eigenvalue weighted by atomic mass is 10.1. The Bertz CT molecular complexity index is 332. The van der Waals surface area contributed by atoms with Gasteiger partial charge < -0.3 is 0 Å². The van der Waals surface area contributed by atoms with Crippen LogP contribution >= 0.6 is 0 Å². The van der Waals surface area contributed by atoms with E-state index in [1.165, 1.54) is 0 Å². The number of ketones is 1. The van der Waals surface area contributed by atoms with E-state index in [4.69, 9.17) is 0 Å². The zero-order valence-electron chi connectivity index (χ0n) is 8.24. The van der Waals surface area contributed by atoms with E-state index >= 15 is 0 Å². The first-order chi connectivity index (χ1) is 6.08. The lowest BCUT2D eigenvalue weighted by molar-refractivity contribution is -0.114. The van der Waals surface area contributed by atoms with Gasteiger partial charge in [0, 0.05) is 19.7 Å². The van der Waals surface area contributed by atoms with E-state index in [0.717, 1.165) is 11.1 Å². The molecule has 0 fully saturated rings. The quantitative estimate of drug-likeness (QED) is 0.657. The molecule has 0 spiro atoms. The minimum Gasteiger partial charge on any atom is -0.294 e. The normalized spacial score (nSPS) is 9.77. The number of aromatic nitrogens is 2. The second kappa shape index (κ2) is 4.03. The van der Waals surface area contributed by atoms with E-state index in [0.29, 0.717) is 6.42 Å². The van der Waals surface area contributed by atoms with Crippen LogP contribution in [0.3, 0.4) is 0 Å². The second-order valence-electron chi connectivity index (χ2n) is 3.39. The number of hydrogen-bond donors (Lipinski definition) is 0. The van der Waals surface area contributed by atoms with Gasteiger partial charge in [0.2, 0.25) is 0 Å². The number of nitrogens with zero attached hydrogens (tertiary/aromatic N) is 2. The minimum atomic E-state index is 0.132. The third kappa shape index (κ3) is 3.23. The Labute approximate surface area is 78.1 Å². The molecule has 1 aromatic heterocycles. The van der Waals surface area contributed by atoms with Gasteiger partial charge in [-0.3, -0.25) is 9.48 Å². The summed E-state index contributed by atoms with van der Waals surface area (Å²) < 4.78 is 1.70. The smallest absolute Gasteiger partial charge is 0.160 e. The van der Waals surface area contributed by atoms with Crippen LogP contribution in [0.2, 0.25) is 0 Å². The molecule has 0 unspecified atom stereocenters. The van der Waals surface area contributed by atoms with Crippen LogP contribution in [0, 0.1) is 0 Å². The largest absolute Gasteiger partial charge is 0.294 e. The Morgan fingerprint density at radius 1 is 1.62 bits per heavy atom. The molecular weight excluding hydrogens is 164 g/mol. The Hall–Kier alpha value is -1.38. The summed E-state index contributed by atoms with van der Waals surface area (Å²) in [6, 6.07) is 0. The van der Waals surface area contributed by atoms with E-state index < -0.39 is 0 Å². The van der Waals surface area contributed by atoms with Crippen molar-refractivity contribution in [3.05, 3.63) is 29.6 Å². The van der Waals surface area contributed by atoms with Crippen LogP contribution in [0.5, 0.6) is 0 Å². The SMILES string of the molecule is CC(C)=CC(=O)Cc1cnn(C)c1. The summed E-state index contributed by atoms with van der Waals surface area (Å²) >= 11 is 0. The van der Waals surface area contributed by atoms with Crippen LogP contribution in [-0.2, 0) is 18.3 Å². The summed E-state index contributed by atoms with van der Waals surface area (Å²) in [6.45, 7) is 3.84. The Balaban J connectivity index is 2.60. The maximum absolute atomic E-state index is 11.3. The van der Waals surface area contributed by atoms with Crippen LogP contribution < -0.4 is 0 Å².